The van der Waals surface area contributed by atoms with Crippen LogP contribution in [0, 0.1) is 0 Å². The van der Waals surface area contributed by atoms with Crippen molar-refractivity contribution in [2.75, 3.05) is 7.11 Å². The van der Waals surface area contributed by atoms with E-state index >= 15 is 0 Å². The molecule has 1 fully saturated rings. The van der Waals surface area contributed by atoms with Gasteiger partial charge in [-0.05, 0) is 68.1 Å². The number of amides is 1. The van der Waals surface area contributed by atoms with Crippen LogP contribution in [-0.4, -0.2) is 32.2 Å². The Balaban J connectivity index is 1.81. The molecule has 0 heterocycles. The summed E-state index contributed by atoms with van der Waals surface area (Å²) in [5, 5.41) is 3.41. The molecule has 0 aliphatic heterocycles. The number of carbonyl (C=O) groups is 1. The van der Waals surface area contributed by atoms with Crippen molar-refractivity contribution in [3.8, 4) is 5.75 Å². The maximum atomic E-state index is 13.4. The molecule has 1 unspecified atom stereocenters. The van der Waals surface area contributed by atoms with Gasteiger partial charge in [-0.25, -0.2) is 8.42 Å². The van der Waals surface area contributed by atoms with Crippen LogP contribution >= 0.6 is 11.6 Å². The minimum Gasteiger partial charge on any atom is -0.497 e. The van der Waals surface area contributed by atoms with Gasteiger partial charge in [-0.2, -0.15) is 0 Å². The summed E-state index contributed by atoms with van der Waals surface area (Å²) in [4.78, 5) is 13.4. The molecule has 0 saturated heterocycles. The first kappa shape index (κ1) is 21.7. The van der Waals surface area contributed by atoms with Crippen molar-refractivity contribution in [2.45, 2.75) is 54.7 Å². The highest BCUT2D eigenvalue weighted by atomic mass is 35.5. The average Bonchev–Trinajstić information content (AvgIpc) is 3.20. The van der Waals surface area contributed by atoms with Crippen molar-refractivity contribution in [1.29, 1.82) is 0 Å². The Kier molecular flexibility index (Phi) is 6.54. The van der Waals surface area contributed by atoms with E-state index in [2.05, 4.69) is 5.32 Å². The van der Waals surface area contributed by atoms with Gasteiger partial charge in [0.05, 0.1) is 12.0 Å². The number of hydrogen-bond acceptors (Lipinski definition) is 4. The van der Waals surface area contributed by atoms with Gasteiger partial charge < -0.3 is 10.1 Å². The van der Waals surface area contributed by atoms with Crippen molar-refractivity contribution in [2.24, 2.45) is 0 Å². The summed E-state index contributed by atoms with van der Waals surface area (Å²) in [6, 6.07) is 13.5. The van der Waals surface area contributed by atoms with E-state index in [0.29, 0.717) is 37.1 Å². The van der Waals surface area contributed by atoms with Crippen LogP contribution in [0.2, 0.25) is 5.02 Å². The molecule has 7 heteroatoms. The highest BCUT2D eigenvalue weighted by Crippen LogP contribution is 2.41. The second-order valence-corrected chi connectivity index (χ2v) is 10.3. The first-order valence-corrected chi connectivity index (χ1v) is 11.6. The predicted molar refractivity (Wildman–Crippen MR) is 114 cm³/mol. The highest BCUT2D eigenvalue weighted by molar-refractivity contribution is 7.93. The lowest BCUT2D eigenvalue weighted by molar-refractivity contribution is -0.124. The first-order valence-electron chi connectivity index (χ1n) is 9.72. The van der Waals surface area contributed by atoms with Gasteiger partial charge in [0.2, 0.25) is 5.91 Å². The Morgan fingerprint density at radius 3 is 2.45 bits per heavy atom. The van der Waals surface area contributed by atoms with Gasteiger partial charge in [-0.15, -0.1) is 0 Å². The van der Waals surface area contributed by atoms with E-state index < -0.39 is 20.5 Å². The molecule has 1 N–H and O–H groups in total. The molecule has 1 atom stereocenters. The number of halogens is 1. The lowest BCUT2D eigenvalue weighted by Crippen LogP contribution is -2.53. The van der Waals surface area contributed by atoms with Gasteiger partial charge in [0.15, 0.2) is 14.6 Å². The number of hydrogen-bond donors (Lipinski definition) is 1. The Bertz CT molecular complexity index is 967. The summed E-state index contributed by atoms with van der Waals surface area (Å²) < 4.78 is 30.6. The quantitative estimate of drug-likeness (QED) is 0.708. The van der Waals surface area contributed by atoms with Crippen molar-refractivity contribution >= 4 is 27.3 Å². The van der Waals surface area contributed by atoms with Gasteiger partial charge in [0.25, 0.3) is 0 Å². The number of sulfone groups is 1. The zero-order valence-electron chi connectivity index (χ0n) is 16.7. The van der Waals surface area contributed by atoms with Crippen LogP contribution in [0.1, 0.15) is 38.2 Å². The van der Waals surface area contributed by atoms with Crippen molar-refractivity contribution in [1.82, 2.24) is 5.32 Å². The van der Waals surface area contributed by atoms with E-state index in [9.17, 15) is 13.2 Å². The third-order valence-corrected chi connectivity index (χ3v) is 8.28. The average molecular weight is 436 g/mol. The summed E-state index contributed by atoms with van der Waals surface area (Å²) >= 11 is 5.90. The molecule has 0 spiro atoms. The van der Waals surface area contributed by atoms with Crippen molar-refractivity contribution in [3.63, 3.8) is 0 Å². The molecular weight excluding hydrogens is 410 g/mol. The molecule has 1 amide bonds. The minimum absolute atomic E-state index is 0.138. The van der Waals surface area contributed by atoms with E-state index in [4.69, 9.17) is 16.3 Å². The van der Waals surface area contributed by atoms with Gasteiger partial charge in [-0.1, -0.05) is 36.6 Å². The molecular formula is C22H26ClNO4S. The van der Waals surface area contributed by atoms with E-state index in [1.54, 1.807) is 19.2 Å². The third kappa shape index (κ3) is 4.43. The summed E-state index contributed by atoms with van der Waals surface area (Å²) in [5.74, 6) is 0.332. The summed E-state index contributed by atoms with van der Waals surface area (Å²) in [6.45, 7) is 1.88. The monoisotopic (exact) mass is 435 g/mol. The fourth-order valence-electron chi connectivity index (χ4n) is 3.96. The van der Waals surface area contributed by atoms with Crippen LogP contribution in [0.4, 0.5) is 0 Å². The molecule has 5 nitrogen and oxygen atoms in total. The van der Waals surface area contributed by atoms with Crippen LogP contribution in [-0.2, 0) is 21.1 Å². The lowest BCUT2D eigenvalue weighted by atomic mass is 10.0. The number of carbonyl (C=O) groups excluding carboxylic acids is 1. The summed E-state index contributed by atoms with van der Waals surface area (Å²) in [5.41, 5.74) is 1.01. The molecule has 1 aliphatic rings. The number of rotatable bonds is 7. The Hall–Kier alpha value is -2.05. The summed E-state index contributed by atoms with van der Waals surface area (Å²) in [6.07, 6.45) is 2.67. The third-order valence-electron chi connectivity index (χ3n) is 5.52. The molecule has 156 valence electrons. The zero-order chi connectivity index (χ0) is 21.1. The highest BCUT2D eigenvalue weighted by Gasteiger charge is 2.53. The Labute approximate surface area is 177 Å². The molecule has 1 saturated carbocycles. The van der Waals surface area contributed by atoms with Crippen molar-refractivity contribution < 1.29 is 17.9 Å². The van der Waals surface area contributed by atoms with Crippen LogP contribution in [0.15, 0.2) is 53.4 Å². The van der Waals surface area contributed by atoms with Gasteiger partial charge in [0.1, 0.15) is 5.75 Å². The van der Waals surface area contributed by atoms with Crippen LogP contribution in [0.5, 0.6) is 5.75 Å². The molecule has 3 rings (SSSR count). The van der Waals surface area contributed by atoms with E-state index in [-0.39, 0.29) is 10.9 Å². The molecule has 2 aromatic carbocycles. The normalized spacial score (nSPS) is 16.9. The topological polar surface area (TPSA) is 72.5 Å². The molecule has 1 aliphatic carbocycles. The standard InChI is InChI=1S/C22H26ClNO4S/c1-16(14-17-6-5-7-19(15-17)28-2)24-21(25)22(12-3-4-13-22)29(26,27)20-10-8-18(23)9-11-20/h5-11,15-16H,3-4,12-14H2,1-2H3,(H,24,25). The second kappa shape index (κ2) is 8.76. The number of benzene rings is 2. The number of ether oxygens (including phenoxy) is 1. The lowest BCUT2D eigenvalue weighted by Gasteiger charge is -2.29. The Morgan fingerprint density at radius 2 is 1.83 bits per heavy atom. The van der Waals surface area contributed by atoms with Crippen LogP contribution < -0.4 is 10.1 Å². The fraction of sp³-hybridized carbons (Fsp3) is 0.409. The first-order chi connectivity index (χ1) is 13.8. The largest absolute Gasteiger partial charge is 0.497 e. The van der Waals surface area contributed by atoms with E-state index in [0.717, 1.165) is 11.3 Å². The molecule has 0 aromatic heterocycles. The SMILES string of the molecule is COc1cccc(CC(C)NC(=O)C2(S(=O)(=O)c3ccc(Cl)cc3)CCCC2)c1. The second-order valence-electron chi connectivity index (χ2n) is 7.59. The predicted octanol–water partition coefficient (Wildman–Crippen LogP) is 4.18. The maximum absolute atomic E-state index is 13.4. The summed E-state index contributed by atoms with van der Waals surface area (Å²) in [7, 11) is -2.23. The number of methoxy groups -OCH3 is 1. The van der Waals surface area contributed by atoms with Gasteiger partial charge >= 0.3 is 0 Å². The number of nitrogens with one attached hydrogen (secondary N) is 1. The van der Waals surface area contributed by atoms with E-state index in [1.165, 1.54) is 12.1 Å². The van der Waals surface area contributed by atoms with Crippen LogP contribution in [0.3, 0.4) is 0 Å². The Morgan fingerprint density at radius 1 is 1.17 bits per heavy atom. The van der Waals surface area contributed by atoms with Crippen LogP contribution in [0.25, 0.3) is 0 Å². The smallest absolute Gasteiger partial charge is 0.242 e. The minimum atomic E-state index is -3.84. The molecule has 0 bridgehead atoms. The van der Waals surface area contributed by atoms with E-state index in [1.807, 2.05) is 31.2 Å². The van der Waals surface area contributed by atoms with Gasteiger partial charge in [-0.3, -0.25) is 4.79 Å². The molecule has 29 heavy (non-hydrogen) atoms. The zero-order valence-corrected chi connectivity index (χ0v) is 18.2. The van der Waals surface area contributed by atoms with Crippen molar-refractivity contribution in [3.05, 3.63) is 59.1 Å². The van der Waals surface area contributed by atoms with Gasteiger partial charge in [0, 0.05) is 11.1 Å². The fourth-order valence-corrected chi connectivity index (χ4v) is 6.16. The molecule has 0 radical (unpaired) electrons. The maximum Gasteiger partial charge on any atom is 0.242 e. The molecule has 2 aromatic rings.